The lowest BCUT2D eigenvalue weighted by atomic mass is 10.0. The Morgan fingerprint density at radius 1 is 0.971 bits per heavy atom. The lowest BCUT2D eigenvalue weighted by Gasteiger charge is -2.28. The fourth-order valence-electron chi connectivity index (χ4n) is 3.72. The number of carbonyl (C=O) groups excluding carboxylic acids is 2. The maximum atomic E-state index is 13.3. The van der Waals surface area contributed by atoms with Gasteiger partial charge in [0.2, 0.25) is 0 Å². The summed E-state index contributed by atoms with van der Waals surface area (Å²) >= 11 is 0. The zero-order valence-corrected chi connectivity index (χ0v) is 19.3. The quantitative estimate of drug-likeness (QED) is 0.483. The highest BCUT2D eigenvalue weighted by molar-refractivity contribution is 7.92. The van der Waals surface area contributed by atoms with Crippen LogP contribution in [0.3, 0.4) is 0 Å². The van der Waals surface area contributed by atoms with Crippen LogP contribution >= 0.6 is 0 Å². The van der Waals surface area contributed by atoms with E-state index < -0.39 is 37.7 Å². The van der Waals surface area contributed by atoms with Gasteiger partial charge < -0.3 is 4.90 Å². The number of sulfone groups is 1. The van der Waals surface area contributed by atoms with Gasteiger partial charge in [-0.3, -0.25) is 14.8 Å². The number of carbonyl (C=O) groups is 2. The van der Waals surface area contributed by atoms with E-state index >= 15 is 0 Å². The predicted molar refractivity (Wildman–Crippen MR) is 120 cm³/mol. The zero-order valence-electron chi connectivity index (χ0n) is 18.5. The minimum atomic E-state index is -5.56. The Balaban J connectivity index is 1.67. The number of benzene rings is 1. The number of rotatable bonds is 5. The Hall–Kier alpha value is -3.80. The molecule has 0 N–H and O–H groups in total. The van der Waals surface area contributed by atoms with Crippen LogP contribution < -0.4 is 4.90 Å². The van der Waals surface area contributed by atoms with Crippen molar-refractivity contribution in [1.29, 1.82) is 0 Å². The molecule has 3 heterocycles. The molecule has 1 aliphatic rings. The summed E-state index contributed by atoms with van der Waals surface area (Å²) in [4.78, 5) is 36.1. The highest BCUT2D eigenvalue weighted by Crippen LogP contribution is 2.36. The molecule has 1 saturated heterocycles. The summed E-state index contributed by atoms with van der Waals surface area (Å²) in [6.45, 7) is 3.14. The second-order valence-corrected chi connectivity index (χ2v) is 10.2. The number of urea groups is 1. The normalized spacial score (nSPS) is 16.1. The number of halogens is 3. The second kappa shape index (κ2) is 8.45. The number of hydrogen-bond donors (Lipinski definition) is 0. The average Bonchev–Trinajstić information content (AvgIpc) is 2.98. The summed E-state index contributed by atoms with van der Waals surface area (Å²) < 4.78 is 61.8. The molecule has 1 aromatic carbocycles. The topological polar surface area (TPSA) is 101 Å². The van der Waals surface area contributed by atoms with Crippen molar-refractivity contribution < 1.29 is 31.2 Å². The van der Waals surface area contributed by atoms with Crippen molar-refractivity contribution in [2.24, 2.45) is 0 Å². The van der Waals surface area contributed by atoms with Gasteiger partial charge in [-0.25, -0.2) is 18.1 Å². The lowest BCUT2D eigenvalue weighted by molar-refractivity contribution is -0.123. The van der Waals surface area contributed by atoms with Crippen molar-refractivity contribution in [3.8, 4) is 11.3 Å². The minimum Gasteiger partial charge on any atom is -0.305 e. The Morgan fingerprint density at radius 2 is 1.66 bits per heavy atom. The summed E-state index contributed by atoms with van der Waals surface area (Å²) in [7, 11) is -5.56. The van der Waals surface area contributed by atoms with Crippen molar-refractivity contribution in [3.05, 3.63) is 72.7 Å². The van der Waals surface area contributed by atoms with Crippen LogP contribution in [0.1, 0.15) is 19.4 Å². The first-order chi connectivity index (χ1) is 16.4. The molecule has 0 spiro atoms. The van der Waals surface area contributed by atoms with Crippen molar-refractivity contribution in [3.63, 3.8) is 0 Å². The van der Waals surface area contributed by atoms with Crippen molar-refractivity contribution in [2.75, 3.05) is 4.90 Å². The molecular formula is C23H19F3N4O4S. The maximum absolute atomic E-state index is 13.3. The van der Waals surface area contributed by atoms with E-state index in [9.17, 15) is 31.2 Å². The molecule has 12 heteroatoms. The number of imide groups is 1. The molecule has 35 heavy (non-hydrogen) atoms. The van der Waals surface area contributed by atoms with Crippen LogP contribution in [0, 0.1) is 0 Å². The van der Waals surface area contributed by atoms with Crippen molar-refractivity contribution >= 4 is 27.5 Å². The lowest BCUT2D eigenvalue weighted by Crippen LogP contribution is -2.43. The zero-order chi connectivity index (χ0) is 25.6. The van der Waals surface area contributed by atoms with Crippen molar-refractivity contribution in [1.82, 2.24) is 14.9 Å². The van der Waals surface area contributed by atoms with Gasteiger partial charge in [-0.05, 0) is 61.9 Å². The van der Waals surface area contributed by atoms with E-state index in [2.05, 4.69) is 9.97 Å². The molecule has 0 bridgehead atoms. The SMILES string of the molecule is CC1(C)C(=O)N(c2ccc(S(=O)(=O)C(F)(F)F)cc2)C(=O)N1Cc1ccncc1-c1ccccn1. The van der Waals surface area contributed by atoms with Crippen LogP contribution in [0.4, 0.5) is 23.7 Å². The van der Waals surface area contributed by atoms with Crippen LogP contribution in [0.5, 0.6) is 0 Å². The van der Waals surface area contributed by atoms with Gasteiger partial charge in [0.05, 0.1) is 16.3 Å². The fourth-order valence-corrected chi connectivity index (χ4v) is 4.48. The van der Waals surface area contributed by atoms with Crippen LogP contribution in [0.15, 0.2) is 72.0 Å². The fraction of sp³-hybridized carbons (Fsp3) is 0.217. The van der Waals surface area contributed by atoms with E-state index in [1.807, 2.05) is 0 Å². The van der Waals surface area contributed by atoms with Gasteiger partial charge in [0.25, 0.3) is 15.7 Å². The molecular weight excluding hydrogens is 485 g/mol. The monoisotopic (exact) mass is 504 g/mol. The molecule has 1 fully saturated rings. The average molecular weight is 504 g/mol. The summed E-state index contributed by atoms with van der Waals surface area (Å²) in [5.74, 6) is -0.609. The third kappa shape index (κ3) is 4.14. The summed E-state index contributed by atoms with van der Waals surface area (Å²) in [5.41, 5.74) is -4.83. The largest absolute Gasteiger partial charge is 0.501 e. The third-order valence-electron chi connectivity index (χ3n) is 5.71. The summed E-state index contributed by atoms with van der Waals surface area (Å²) in [6.07, 6.45) is 4.77. The van der Waals surface area contributed by atoms with Crippen LogP contribution in [-0.4, -0.2) is 46.3 Å². The number of pyridine rings is 2. The number of amides is 3. The number of alkyl halides is 3. The van der Waals surface area contributed by atoms with Gasteiger partial charge in [-0.1, -0.05) is 6.07 Å². The van der Waals surface area contributed by atoms with Gasteiger partial charge in [0.15, 0.2) is 0 Å². The highest BCUT2D eigenvalue weighted by atomic mass is 32.2. The predicted octanol–water partition coefficient (Wildman–Crippen LogP) is 4.18. The molecule has 4 rings (SSSR count). The van der Waals surface area contributed by atoms with E-state index in [1.165, 1.54) is 4.90 Å². The molecule has 182 valence electrons. The van der Waals surface area contributed by atoms with Crippen LogP contribution in [0.2, 0.25) is 0 Å². The van der Waals surface area contributed by atoms with Gasteiger partial charge in [0.1, 0.15) is 5.54 Å². The standard InChI is InChI=1S/C23H19F3N4O4S/c1-22(2)20(31)30(16-6-8-17(9-7-16)35(33,34)23(24,25)26)21(32)29(22)14-15-10-12-27-13-18(15)19-5-3-4-11-28-19/h3-13H,14H2,1-2H3. The molecule has 0 radical (unpaired) electrons. The van der Waals surface area contributed by atoms with E-state index in [0.29, 0.717) is 16.8 Å². The molecule has 0 unspecified atom stereocenters. The molecule has 3 aromatic rings. The van der Waals surface area contributed by atoms with Gasteiger partial charge in [-0.15, -0.1) is 0 Å². The van der Waals surface area contributed by atoms with Gasteiger partial charge >= 0.3 is 11.5 Å². The minimum absolute atomic E-state index is 0.0308. The van der Waals surface area contributed by atoms with Crippen molar-refractivity contribution in [2.45, 2.75) is 36.3 Å². The molecule has 8 nitrogen and oxygen atoms in total. The summed E-state index contributed by atoms with van der Waals surface area (Å²) in [5, 5.41) is 0. The molecule has 3 amide bonds. The van der Waals surface area contributed by atoms with E-state index in [-0.39, 0.29) is 12.2 Å². The number of hydrogen-bond acceptors (Lipinski definition) is 6. The Labute approximate surface area is 198 Å². The smallest absolute Gasteiger partial charge is 0.305 e. The second-order valence-electron chi connectivity index (χ2n) is 8.26. The van der Waals surface area contributed by atoms with Crippen LogP contribution in [0.25, 0.3) is 11.3 Å². The number of nitrogens with zero attached hydrogens (tertiary/aromatic N) is 4. The molecule has 0 aliphatic carbocycles. The number of aromatic nitrogens is 2. The number of anilines is 1. The molecule has 0 saturated carbocycles. The Morgan fingerprint density at radius 3 is 2.26 bits per heavy atom. The first kappa shape index (κ1) is 24.3. The van der Waals surface area contributed by atoms with E-state index in [4.69, 9.17) is 0 Å². The van der Waals surface area contributed by atoms with E-state index in [1.54, 1.807) is 56.7 Å². The Bertz CT molecular complexity index is 1390. The molecule has 2 aromatic heterocycles. The van der Waals surface area contributed by atoms with Gasteiger partial charge in [0, 0.05) is 30.7 Å². The van der Waals surface area contributed by atoms with Gasteiger partial charge in [-0.2, -0.15) is 13.2 Å². The maximum Gasteiger partial charge on any atom is 0.501 e. The molecule has 0 atom stereocenters. The first-order valence-electron chi connectivity index (χ1n) is 10.3. The summed E-state index contributed by atoms with van der Waals surface area (Å²) in [6, 6.07) is 9.79. The third-order valence-corrected chi connectivity index (χ3v) is 7.22. The highest BCUT2D eigenvalue weighted by Gasteiger charge is 2.52. The van der Waals surface area contributed by atoms with E-state index in [0.717, 1.165) is 29.2 Å². The first-order valence-corrected chi connectivity index (χ1v) is 11.8. The molecule has 1 aliphatic heterocycles. The van der Waals surface area contributed by atoms with Crippen LogP contribution in [-0.2, 0) is 21.2 Å². The Kier molecular flexibility index (Phi) is 5.87.